The summed E-state index contributed by atoms with van der Waals surface area (Å²) in [5, 5.41) is 3.91. The fourth-order valence-electron chi connectivity index (χ4n) is 2.50. The maximum absolute atomic E-state index is 12.3. The molecular weight excluding hydrogens is 368 g/mol. The standard InChI is InChI=1S/C19H18N2O5S/c1-12-6-4-5-7-15(12)18-20-17(26-21-18)11-25-19(22)16-10-14(27(3,23)24)9-8-13(16)2/h4-10H,11H2,1-3H3. The van der Waals surface area contributed by atoms with Crippen LogP contribution in [0.15, 0.2) is 51.9 Å². The van der Waals surface area contributed by atoms with Crippen LogP contribution in [0.1, 0.15) is 27.4 Å². The van der Waals surface area contributed by atoms with Crippen LogP contribution in [-0.2, 0) is 21.2 Å². The van der Waals surface area contributed by atoms with Crippen molar-refractivity contribution in [3.63, 3.8) is 0 Å². The average molecular weight is 386 g/mol. The van der Waals surface area contributed by atoms with Crippen molar-refractivity contribution in [2.75, 3.05) is 6.26 Å². The molecule has 0 spiro atoms. The van der Waals surface area contributed by atoms with Gasteiger partial charge < -0.3 is 9.26 Å². The molecule has 3 rings (SSSR count). The molecule has 1 heterocycles. The Hall–Kier alpha value is -3.00. The third-order valence-electron chi connectivity index (χ3n) is 4.04. The SMILES string of the molecule is Cc1ccc(S(C)(=O)=O)cc1C(=O)OCc1nc(-c2ccccc2C)no1. The number of carbonyl (C=O) groups is 1. The molecule has 3 aromatic rings. The minimum Gasteiger partial charge on any atom is -0.452 e. The highest BCUT2D eigenvalue weighted by atomic mass is 32.2. The maximum atomic E-state index is 12.3. The molecule has 0 aliphatic rings. The second-order valence-electron chi connectivity index (χ2n) is 6.15. The Balaban J connectivity index is 1.75. The summed E-state index contributed by atoms with van der Waals surface area (Å²) in [4.78, 5) is 16.6. The summed E-state index contributed by atoms with van der Waals surface area (Å²) >= 11 is 0. The fraction of sp³-hybridized carbons (Fsp3) is 0.211. The van der Waals surface area contributed by atoms with E-state index in [0.717, 1.165) is 17.4 Å². The molecule has 8 heteroatoms. The van der Waals surface area contributed by atoms with Crippen LogP contribution < -0.4 is 0 Å². The van der Waals surface area contributed by atoms with Crippen molar-refractivity contribution >= 4 is 15.8 Å². The van der Waals surface area contributed by atoms with Crippen molar-refractivity contribution < 1.29 is 22.5 Å². The van der Waals surface area contributed by atoms with Crippen LogP contribution in [-0.4, -0.2) is 30.8 Å². The van der Waals surface area contributed by atoms with Crippen molar-refractivity contribution in [1.29, 1.82) is 0 Å². The van der Waals surface area contributed by atoms with E-state index in [4.69, 9.17) is 9.26 Å². The van der Waals surface area contributed by atoms with E-state index in [-0.39, 0.29) is 23.0 Å². The van der Waals surface area contributed by atoms with E-state index in [1.807, 2.05) is 31.2 Å². The second kappa shape index (κ2) is 7.32. The first kappa shape index (κ1) is 18.8. The minimum atomic E-state index is -3.42. The first-order valence-electron chi connectivity index (χ1n) is 8.12. The Bertz CT molecular complexity index is 1100. The van der Waals surface area contributed by atoms with Gasteiger partial charge in [-0.15, -0.1) is 0 Å². The molecule has 140 valence electrons. The van der Waals surface area contributed by atoms with Crippen molar-refractivity contribution in [2.45, 2.75) is 25.3 Å². The number of hydrogen-bond donors (Lipinski definition) is 0. The van der Waals surface area contributed by atoms with Crippen LogP contribution in [0.25, 0.3) is 11.4 Å². The predicted octanol–water partition coefficient (Wildman–Crippen LogP) is 3.11. The summed E-state index contributed by atoms with van der Waals surface area (Å²) in [5.41, 5.74) is 2.61. The molecule has 0 atom stereocenters. The number of aryl methyl sites for hydroxylation is 2. The molecule has 0 saturated heterocycles. The molecule has 0 fully saturated rings. The van der Waals surface area contributed by atoms with E-state index >= 15 is 0 Å². The van der Waals surface area contributed by atoms with Gasteiger partial charge in [0.05, 0.1) is 10.5 Å². The number of esters is 1. The molecule has 1 aromatic heterocycles. The van der Waals surface area contributed by atoms with Crippen LogP contribution >= 0.6 is 0 Å². The van der Waals surface area contributed by atoms with Crippen molar-refractivity contribution in [2.24, 2.45) is 0 Å². The molecule has 7 nitrogen and oxygen atoms in total. The zero-order valence-corrected chi connectivity index (χ0v) is 15.9. The van der Waals surface area contributed by atoms with Crippen LogP contribution in [0.2, 0.25) is 0 Å². The lowest BCUT2D eigenvalue weighted by atomic mass is 10.1. The molecule has 0 aliphatic carbocycles. The van der Waals surface area contributed by atoms with E-state index < -0.39 is 15.8 Å². The summed E-state index contributed by atoms with van der Waals surface area (Å²) in [6, 6.07) is 11.9. The molecule has 0 bridgehead atoms. The Morgan fingerprint density at radius 3 is 2.56 bits per heavy atom. The Morgan fingerprint density at radius 2 is 1.85 bits per heavy atom. The molecule has 2 aromatic carbocycles. The van der Waals surface area contributed by atoms with Gasteiger partial charge in [0.25, 0.3) is 5.89 Å². The van der Waals surface area contributed by atoms with Gasteiger partial charge in [0, 0.05) is 11.8 Å². The quantitative estimate of drug-likeness (QED) is 0.621. The predicted molar refractivity (Wildman–Crippen MR) is 97.9 cm³/mol. The van der Waals surface area contributed by atoms with Crippen LogP contribution in [0, 0.1) is 13.8 Å². The summed E-state index contributed by atoms with van der Waals surface area (Å²) < 4.78 is 33.7. The molecule has 0 radical (unpaired) electrons. The largest absolute Gasteiger partial charge is 0.452 e. The highest BCUT2D eigenvalue weighted by Crippen LogP contribution is 2.21. The van der Waals surface area contributed by atoms with E-state index in [0.29, 0.717) is 11.4 Å². The average Bonchev–Trinajstić information content (AvgIpc) is 3.08. The highest BCUT2D eigenvalue weighted by molar-refractivity contribution is 7.90. The lowest BCUT2D eigenvalue weighted by Gasteiger charge is -2.07. The van der Waals surface area contributed by atoms with Crippen molar-refractivity contribution in [1.82, 2.24) is 10.1 Å². The number of ether oxygens (including phenoxy) is 1. The van der Waals surface area contributed by atoms with Gasteiger partial charge in [0.2, 0.25) is 5.82 Å². The zero-order chi connectivity index (χ0) is 19.6. The Morgan fingerprint density at radius 1 is 1.11 bits per heavy atom. The molecule has 0 unspecified atom stereocenters. The van der Waals surface area contributed by atoms with Gasteiger partial charge >= 0.3 is 5.97 Å². The summed E-state index contributed by atoms with van der Waals surface area (Å²) in [7, 11) is -3.42. The van der Waals surface area contributed by atoms with Crippen molar-refractivity contribution in [3.05, 3.63) is 65.0 Å². The minimum absolute atomic E-state index is 0.0553. The molecule has 27 heavy (non-hydrogen) atoms. The number of nitrogens with zero attached hydrogens (tertiary/aromatic N) is 2. The van der Waals surface area contributed by atoms with Crippen molar-refractivity contribution in [3.8, 4) is 11.4 Å². The first-order chi connectivity index (χ1) is 12.8. The van der Waals surface area contributed by atoms with Gasteiger partial charge in [-0.05, 0) is 37.1 Å². The third kappa shape index (κ3) is 4.22. The van der Waals surface area contributed by atoms with Gasteiger partial charge in [-0.1, -0.05) is 35.5 Å². The Kier molecular flexibility index (Phi) is 5.09. The fourth-order valence-corrected chi connectivity index (χ4v) is 3.15. The molecule has 0 N–H and O–H groups in total. The molecule has 0 saturated carbocycles. The number of benzene rings is 2. The smallest absolute Gasteiger partial charge is 0.338 e. The maximum Gasteiger partial charge on any atom is 0.338 e. The number of sulfone groups is 1. The normalized spacial score (nSPS) is 11.4. The number of hydrogen-bond acceptors (Lipinski definition) is 7. The summed E-state index contributed by atoms with van der Waals surface area (Å²) in [6.07, 6.45) is 1.08. The van der Waals surface area contributed by atoms with Crippen LogP contribution in [0.3, 0.4) is 0 Å². The lowest BCUT2D eigenvalue weighted by Crippen LogP contribution is -2.09. The number of aromatic nitrogens is 2. The van der Waals surface area contributed by atoms with Gasteiger partial charge in [-0.25, -0.2) is 13.2 Å². The van der Waals surface area contributed by atoms with E-state index in [1.54, 1.807) is 13.0 Å². The highest BCUT2D eigenvalue weighted by Gasteiger charge is 2.17. The second-order valence-corrected chi connectivity index (χ2v) is 8.17. The Labute approximate surface area is 156 Å². The number of rotatable bonds is 5. The lowest BCUT2D eigenvalue weighted by molar-refractivity contribution is 0.0428. The van der Waals surface area contributed by atoms with Gasteiger partial charge in [0.15, 0.2) is 16.4 Å². The first-order valence-corrected chi connectivity index (χ1v) is 10.0. The molecular formula is C19H18N2O5S. The van der Waals surface area contributed by atoms with E-state index in [9.17, 15) is 13.2 Å². The monoisotopic (exact) mass is 386 g/mol. The van der Waals surface area contributed by atoms with Crippen LogP contribution in [0.4, 0.5) is 0 Å². The zero-order valence-electron chi connectivity index (χ0n) is 15.1. The van der Waals surface area contributed by atoms with E-state index in [2.05, 4.69) is 10.1 Å². The van der Waals surface area contributed by atoms with Gasteiger partial charge in [-0.2, -0.15) is 4.98 Å². The topological polar surface area (TPSA) is 99.4 Å². The van der Waals surface area contributed by atoms with Gasteiger partial charge in [0.1, 0.15) is 0 Å². The van der Waals surface area contributed by atoms with Crippen LogP contribution in [0.5, 0.6) is 0 Å². The summed E-state index contributed by atoms with van der Waals surface area (Å²) in [5.74, 6) is -0.0958. The third-order valence-corrected chi connectivity index (χ3v) is 5.15. The van der Waals surface area contributed by atoms with Gasteiger partial charge in [-0.3, -0.25) is 0 Å². The van der Waals surface area contributed by atoms with E-state index in [1.165, 1.54) is 12.1 Å². The summed E-state index contributed by atoms with van der Waals surface area (Å²) in [6.45, 7) is 3.43. The molecule has 0 aliphatic heterocycles. The molecule has 0 amide bonds. The number of carbonyl (C=O) groups excluding carboxylic acids is 1.